The van der Waals surface area contributed by atoms with Gasteiger partial charge in [-0.05, 0) is 67.5 Å². The maximum absolute atomic E-state index is 13.1. The Hall–Kier alpha value is -3.82. The van der Waals surface area contributed by atoms with E-state index in [4.69, 9.17) is 28.2 Å². The number of hydrogen-bond donors (Lipinski definition) is 1. The van der Waals surface area contributed by atoms with Gasteiger partial charge in [-0.3, -0.25) is 29.9 Å². The summed E-state index contributed by atoms with van der Waals surface area (Å²) in [6, 6.07) is 12.6. The molecule has 0 aliphatic carbocycles. The Kier molecular flexibility index (Phi) is 5.84. The number of carbonyl (C=O) groups excluding carboxylic acids is 2. The van der Waals surface area contributed by atoms with Gasteiger partial charge in [-0.1, -0.05) is 23.7 Å². The van der Waals surface area contributed by atoms with Crippen LogP contribution in [0.2, 0.25) is 5.02 Å². The van der Waals surface area contributed by atoms with Crippen molar-refractivity contribution in [3.63, 3.8) is 0 Å². The molecule has 0 radical (unpaired) electrons. The van der Waals surface area contributed by atoms with Crippen LogP contribution in [-0.4, -0.2) is 21.9 Å². The minimum absolute atomic E-state index is 0.0607. The molecule has 1 fully saturated rings. The van der Waals surface area contributed by atoms with Gasteiger partial charge >= 0.3 is 0 Å². The highest BCUT2D eigenvalue weighted by molar-refractivity contribution is 7.80. The molecule has 1 saturated heterocycles. The fraction of sp³-hybridized carbons (Fsp3) is 0.0870. The van der Waals surface area contributed by atoms with E-state index in [0.29, 0.717) is 22.0 Å². The van der Waals surface area contributed by atoms with Gasteiger partial charge in [0.25, 0.3) is 17.5 Å². The van der Waals surface area contributed by atoms with Gasteiger partial charge in [0.15, 0.2) is 5.11 Å². The third-order valence-electron chi connectivity index (χ3n) is 5.13. The third-order valence-corrected chi connectivity index (χ3v) is 5.82. The summed E-state index contributed by atoms with van der Waals surface area (Å²) in [4.78, 5) is 37.5. The highest BCUT2D eigenvalue weighted by atomic mass is 35.5. The van der Waals surface area contributed by atoms with Crippen LogP contribution in [0.5, 0.6) is 0 Å². The molecular formula is C23H16ClN3O5S. The summed E-state index contributed by atoms with van der Waals surface area (Å²) in [5.74, 6) is -0.703. The van der Waals surface area contributed by atoms with Crippen LogP contribution in [0.15, 0.2) is 58.5 Å². The summed E-state index contributed by atoms with van der Waals surface area (Å²) in [6.07, 6.45) is 1.30. The number of carbonyl (C=O) groups is 2. The van der Waals surface area contributed by atoms with Crippen molar-refractivity contribution in [3.8, 4) is 11.3 Å². The minimum atomic E-state index is -0.663. The van der Waals surface area contributed by atoms with Crippen LogP contribution in [0.4, 0.5) is 11.4 Å². The maximum Gasteiger partial charge on any atom is 0.270 e. The van der Waals surface area contributed by atoms with Gasteiger partial charge in [0.05, 0.1) is 10.6 Å². The minimum Gasteiger partial charge on any atom is -0.457 e. The molecule has 0 spiro atoms. The van der Waals surface area contributed by atoms with Crippen molar-refractivity contribution >= 4 is 58.2 Å². The van der Waals surface area contributed by atoms with E-state index in [1.165, 1.54) is 23.1 Å². The van der Waals surface area contributed by atoms with E-state index in [0.717, 1.165) is 11.1 Å². The lowest BCUT2D eigenvalue weighted by Gasteiger charge is -2.29. The zero-order valence-electron chi connectivity index (χ0n) is 17.4. The highest BCUT2D eigenvalue weighted by Gasteiger charge is 2.35. The van der Waals surface area contributed by atoms with Gasteiger partial charge in [-0.15, -0.1) is 0 Å². The van der Waals surface area contributed by atoms with E-state index >= 15 is 0 Å². The molecule has 8 nitrogen and oxygen atoms in total. The number of furan rings is 1. The van der Waals surface area contributed by atoms with Crippen LogP contribution in [0.1, 0.15) is 16.9 Å². The Bertz CT molecular complexity index is 1380. The van der Waals surface area contributed by atoms with Crippen molar-refractivity contribution in [3.05, 3.63) is 86.1 Å². The number of aryl methyl sites for hydroxylation is 2. The number of rotatable bonds is 4. The summed E-state index contributed by atoms with van der Waals surface area (Å²) in [6.45, 7) is 3.62. The quantitative estimate of drug-likeness (QED) is 0.186. The number of amides is 2. The van der Waals surface area contributed by atoms with Gasteiger partial charge < -0.3 is 4.42 Å². The molecule has 1 aliphatic heterocycles. The molecule has 1 N–H and O–H groups in total. The average Bonchev–Trinajstić information content (AvgIpc) is 3.22. The normalized spacial score (nSPS) is 15.2. The number of hydrogen-bond acceptors (Lipinski definition) is 6. The molecule has 3 aromatic rings. The first-order valence-corrected chi connectivity index (χ1v) is 10.5. The molecule has 2 heterocycles. The molecule has 0 bridgehead atoms. The molecule has 166 valence electrons. The molecular weight excluding hydrogens is 466 g/mol. The van der Waals surface area contributed by atoms with Crippen molar-refractivity contribution in [1.29, 1.82) is 0 Å². The van der Waals surface area contributed by atoms with Crippen LogP contribution >= 0.6 is 23.8 Å². The van der Waals surface area contributed by atoms with Crippen LogP contribution in [-0.2, 0) is 9.59 Å². The van der Waals surface area contributed by atoms with E-state index in [1.54, 1.807) is 43.3 Å². The predicted octanol–water partition coefficient (Wildman–Crippen LogP) is 4.96. The van der Waals surface area contributed by atoms with Gasteiger partial charge in [0.1, 0.15) is 17.1 Å². The van der Waals surface area contributed by atoms with Crippen molar-refractivity contribution in [1.82, 2.24) is 5.32 Å². The first kappa shape index (κ1) is 22.4. The smallest absolute Gasteiger partial charge is 0.270 e. The molecule has 2 aromatic carbocycles. The SMILES string of the molecule is Cc1ccc(N2C(=O)/C(=C/c3ccc(-c4cc([N+](=O)[O-])ccc4C)o3)C(=O)NC2=S)cc1Cl. The zero-order valence-corrected chi connectivity index (χ0v) is 19.0. The third kappa shape index (κ3) is 4.28. The second-order valence-electron chi connectivity index (χ2n) is 7.35. The molecule has 4 rings (SSSR count). The monoisotopic (exact) mass is 481 g/mol. The fourth-order valence-electron chi connectivity index (χ4n) is 3.32. The van der Waals surface area contributed by atoms with Crippen LogP contribution in [0.3, 0.4) is 0 Å². The van der Waals surface area contributed by atoms with Gasteiger partial charge in [-0.25, -0.2) is 0 Å². The van der Waals surface area contributed by atoms with Crippen molar-refractivity contribution in [2.75, 3.05) is 4.90 Å². The maximum atomic E-state index is 13.1. The Labute approximate surface area is 198 Å². The molecule has 10 heteroatoms. The van der Waals surface area contributed by atoms with Crippen LogP contribution in [0.25, 0.3) is 17.4 Å². The average molecular weight is 482 g/mol. The predicted molar refractivity (Wildman–Crippen MR) is 128 cm³/mol. The van der Waals surface area contributed by atoms with Crippen molar-refractivity contribution < 1.29 is 18.9 Å². The molecule has 0 unspecified atom stereocenters. The number of nitro benzene ring substituents is 1. The second-order valence-corrected chi connectivity index (χ2v) is 8.14. The number of thiocarbonyl (C=S) groups is 1. The number of nitro groups is 1. The second kappa shape index (κ2) is 8.61. The number of halogens is 1. The Balaban J connectivity index is 1.70. The van der Waals surface area contributed by atoms with E-state index in [1.807, 2.05) is 6.92 Å². The molecule has 2 amide bonds. The van der Waals surface area contributed by atoms with E-state index in [-0.39, 0.29) is 22.1 Å². The lowest BCUT2D eigenvalue weighted by atomic mass is 10.1. The molecule has 33 heavy (non-hydrogen) atoms. The first-order chi connectivity index (χ1) is 15.7. The largest absolute Gasteiger partial charge is 0.457 e. The van der Waals surface area contributed by atoms with Crippen LogP contribution in [0, 0.1) is 24.0 Å². The van der Waals surface area contributed by atoms with Gasteiger partial charge in [0.2, 0.25) is 0 Å². The zero-order chi connectivity index (χ0) is 23.9. The summed E-state index contributed by atoms with van der Waals surface area (Å²) >= 11 is 11.4. The summed E-state index contributed by atoms with van der Waals surface area (Å²) in [5.41, 5.74) is 2.29. The van der Waals surface area contributed by atoms with Crippen molar-refractivity contribution in [2.24, 2.45) is 0 Å². The topological polar surface area (TPSA) is 106 Å². The van der Waals surface area contributed by atoms with Crippen molar-refractivity contribution in [2.45, 2.75) is 13.8 Å². The number of benzene rings is 2. The standard InChI is InChI=1S/C23H16ClN3O5S/c1-12-3-6-15(27(30)31)9-17(12)20-8-7-16(32-20)11-18-21(28)25-23(33)26(22(18)29)14-5-4-13(2)19(24)10-14/h3-11H,1-2H3,(H,25,28,33)/b18-11+. The molecule has 1 aromatic heterocycles. The lowest BCUT2D eigenvalue weighted by molar-refractivity contribution is -0.384. The van der Waals surface area contributed by atoms with Crippen LogP contribution < -0.4 is 10.2 Å². The first-order valence-electron chi connectivity index (χ1n) is 9.68. The van der Waals surface area contributed by atoms with E-state index in [2.05, 4.69) is 5.32 Å². The van der Waals surface area contributed by atoms with E-state index in [9.17, 15) is 19.7 Å². The Morgan fingerprint density at radius 3 is 2.52 bits per heavy atom. The fourth-order valence-corrected chi connectivity index (χ4v) is 3.78. The molecule has 0 saturated carbocycles. The Morgan fingerprint density at radius 2 is 1.82 bits per heavy atom. The number of non-ortho nitro benzene ring substituents is 1. The molecule has 1 aliphatic rings. The summed E-state index contributed by atoms with van der Waals surface area (Å²) in [7, 11) is 0. The highest BCUT2D eigenvalue weighted by Crippen LogP contribution is 2.31. The lowest BCUT2D eigenvalue weighted by Crippen LogP contribution is -2.54. The molecule has 0 atom stereocenters. The number of nitrogens with zero attached hydrogens (tertiary/aromatic N) is 2. The van der Waals surface area contributed by atoms with Gasteiger partial charge in [-0.2, -0.15) is 0 Å². The number of nitrogens with one attached hydrogen (secondary N) is 1. The number of anilines is 1. The summed E-state index contributed by atoms with van der Waals surface area (Å²) < 4.78 is 5.78. The van der Waals surface area contributed by atoms with E-state index < -0.39 is 16.7 Å². The summed E-state index contributed by atoms with van der Waals surface area (Å²) in [5, 5.41) is 14.0. The Morgan fingerprint density at radius 1 is 1.09 bits per heavy atom. The van der Waals surface area contributed by atoms with Gasteiger partial charge in [0, 0.05) is 22.7 Å².